The summed E-state index contributed by atoms with van der Waals surface area (Å²) in [6.07, 6.45) is -0.288. The molecule has 4 heteroatoms. The number of aliphatic hydroxyl groups is 1. The minimum atomic E-state index is -0.485. The Balaban J connectivity index is 1.98. The van der Waals surface area contributed by atoms with E-state index in [0.29, 0.717) is 6.54 Å². The van der Waals surface area contributed by atoms with E-state index in [9.17, 15) is 5.11 Å². The topological polar surface area (TPSA) is 58.7 Å². The van der Waals surface area contributed by atoms with Crippen LogP contribution in [0.2, 0.25) is 0 Å². The van der Waals surface area contributed by atoms with Crippen LogP contribution >= 0.6 is 0 Å². The molecule has 1 aromatic rings. The second kappa shape index (κ2) is 5.49. The van der Waals surface area contributed by atoms with Gasteiger partial charge in [-0.3, -0.25) is 4.90 Å². The van der Waals surface area contributed by atoms with Crippen molar-refractivity contribution >= 4 is 5.69 Å². The number of hydrogen-bond acceptors (Lipinski definition) is 4. The first-order chi connectivity index (χ1) is 8.85. The number of nitrogens with zero attached hydrogens (tertiary/aromatic N) is 1. The molecule has 1 aliphatic heterocycles. The van der Waals surface area contributed by atoms with E-state index in [4.69, 9.17) is 10.5 Å². The van der Waals surface area contributed by atoms with E-state index < -0.39 is 6.10 Å². The van der Waals surface area contributed by atoms with Crippen LogP contribution in [0.5, 0.6) is 0 Å². The highest BCUT2D eigenvalue weighted by molar-refractivity contribution is 5.39. The first-order valence-corrected chi connectivity index (χ1v) is 6.79. The number of nitrogen functional groups attached to an aromatic ring is 1. The molecule has 0 spiro atoms. The van der Waals surface area contributed by atoms with Crippen LogP contribution in [0, 0.1) is 0 Å². The van der Waals surface area contributed by atoms with Crippen LogP contribution in [0.15, 0.2) is 24.3 Å². The zero-order chi connectivity index (χ0) is 14.0. The molecule has 0 amide bonds. The summed E-state index contributed by atoms with van der Waals surface area (Å²) < 4.78 is 5.87. The molecule has 0 bridgehead atoms. The SMILES string of the molecule is CC1CN(CC(O)c2ccc(N)cc2)CC(C)(C)O1. The first-order valence-electron chi connectivity index (χ1n) is 6.79. The van der Waals surface area contributed by atoms with Gasteiger partial charge in [0.1, 0.15) is 0 Å². The maximum atomic E-state index is 10.3. The molecule has 4 nitrogen and oxygen atoms in total. The summed E-state index contributed by atoms with van der Waals surface area (Å²) in [5.74, 6) is 0. The Bertz CT molecular complexity index is 417. The lowest BCUT2D eigenvalue weighted by molar-refractivity contribution is -0.133. The lowest BCUT2D eigenvalue weighted by Crippen LogP contribution is -2.52. The molecular formula is C15H24N2O2. The Hall–Kier alpha value is -1.10. The van der Waals surface area contributed by atoms with E-state index >= 15 is 0 Å². The highest BCUT2D eigenvalue weighted by Gasteiger charge is 2.32. The summed E-state index contributed by atoms with van der Waals surface area (Å²) in [5.41, 5.74) is 7.13. The van der Waals surface area contributed by atoms with E-state index in [-0.39, 0.29) is 11.7 Å². The van der Waals surface area contributed by atoms with Gasteiger partial charge in [0.2, 0.25) is 0 Å². The molecule has 0 aliphatic carbocycles. The van der Waals surface area contributed by atoms with Gasteiger partial charge in [-0.05, 0) is 38.5 Å². The fraction of sp³-hybridized carbons (Fsp3) is 0.600. The number of nitrogens with two attached hydrogens (primary N) is 1. The molecule has 1 aromatic carbocycles. The molecule has 1 heterocycles. The summed E-state index contributed by atoms with van der Waals surface area (Å²) in [6, 6.07) is 7.42. The van der Waals surface area contributed by atoms with Gasteiger partial charge in [0.15, 0.2) is 0 Å². The normalized spacial score (nSPS) is 25.2. The Morgan fingerprint density at radius 3 is 2.63 bits per heavy atom. The molecule has 0 radical (unpaired) electrons. The highest BCUT2D eigenvalue weighted by Crippen LogP contribution is 2.23. The van der Waals surface area contributed by atoms with Crippen molar-refractivity contribution in [2.24, 2.45) is 0 Å². The van der Waals surface area contributed by atoms with Crippen LogP contribution in [0.4, 0.5) is 5.69 Å². The highest BCUT2D eigenvalue weighted by atomic mass is 16.5. The van der Waals surface area contributed by atoms with Crippen LogP contribution in [0.1, 0.15) is 32.4 Å². The van der Waals surface area contributed by atoms with Crippen molar-refractivity contribution in [2.45, 2.75) is 38.6 Å². The summed E-state index contributed by atoms with van der Waals surface area (Å²) in [4.78, 5) is 2.26. The van der Waals surface area contributed by atoms with Gasteiger partial charge in [0.25, 0.3) is 0 Å². The average Bonchev–Trinajstić information content (AvgIpc) is 2.26. The molecule has 19 heavy (non-hydrogen) atoms. The predicted octanol–water partition coefficient (Wildman–Crippen LogP) is 1.80. The van der Waals surface area contributed by atoms with E-state index in [0.717, 1.165) is 24.3 Å². The second-order valence-corrected chi connectivity index (χ2v) is 6.06. The predicted molar refractivity (Wildman–Crippen MR) is 76.9 cm³/mol. The monoisotopic (exact) mass is 264 g/mol. The number of hydrogen-bond donors (Lipinski definition) is 2. The molecule has 0 saturated carbocycles. The Morgan fingerprint density at radius 1 is 1.42 bits per heavy atom. The number of β-amino-alcohol motifs (C(OH)–C–C–N with tert-alkyl or cyclic N) is 1. The van der Waals surface area contributed by atoms with E-state index in [1.165, 1.54) is 0 Å². The van der Waals surface area contributed by atoms with Crippen molar-refractivity contribution in [3.63, 3.8) is 0 Å². The largest absolute Gasteiger partial charge is 0.399 e. The zero-order valence-electron chi connectivity index (χ0n) is 12.0. The van der Waals surface area contributed by atoms with Gasteiger partial charge in [0, 0.05) is 25.3 Å². The molecule has 1 saturated heterocycles. The van der Waals surface area contributed by atoms with Crippen molar-refractivity contribution in [3.8, 4) is 0 Å². The second-order valence-electron chi connectivity index (χ2n) is 6.06. The van der Waals surface area contributed by atoms with Gasteiger partial charge in [-0.1, -0.05) is 12.1 Å². The average molecular weight is 264 g/mol. The lowest BCUT2D eigenvalue weighted by atomic mass is 10.0. The first kappa shape index (κ1) is 14.3. The van der Waals surface area contributed by atoms with Gasteiger partial charge < -0.3 is 15.6 Å². The fourth-order valence-electron chi connectivity index (χ4n) is 2.79. The van der Waals surface area contributed by atoms with Crippen molar-refractivity contribution in [3.05, 3.63) is 29.8 Å². The molecule has 2 unspecified atom stereocenters. The van der Waals surface area contributed by atoms with Crippen LogP contribution < -0.4 is 5.73 Å². The summed E-state index contributed by atoms with van der Waals surface area (Å²) >= 11 is 0. The number of rotatable bonds is 3. The Labute approximate surface area is 115 Å². The van der Waals surface area contributed by atoms with E-state index in [1.54, 1.807) is 0 Å². The number of benzene rings is 1. The molecule has 0 aromatic heterocycles. The number of anilines is 1. The van der Waals surface area contributed by atoms with Crippen molar-refractivity contribution in [1.82, 2.24) is 4.90 Å². The quantitative estimate of drug-likeness (QED) is 0.817. The standard InChI is InChI=1S/C15H24N2O2/c1-11-8-17(10-15(2,3)19-11)9-14(18)12-4-6-13(16)7-5-12/h4-7,11,14,18H,8-10,16H2,1-3H3. The summed E-state index contributed by atoms with van der Waals surface area (Å²) in [5, 5.41) is 10.3. The number of ether oxygens (including phenoxy) is 1. The summed E-state index contributed by atoms with van der Waals surface area (Å²) in [6.45, 7) is 8.57. The smallest absolute Gasteiger partial charge is 0.0916 e. The van der Waals surface area contributed by atoms with Crippen LogP contribution in [0.25, 0.3) is 0 Å². The Kier molecular flexibility index (Phi) is 4.13. The lowest BCUT2D eigenvalue weighted by Gasteiger charge is -2.42. The zero-order valence-corrected chi connectivity index (χ0v) is 12.0. The third kappa shape index (κ3) is 3.93. The van der Waals surface area contributed by atoms with Crippen molar-refractivity contribution < 1.29 is 9.84 Å². The maximum absolute atomic E-state index is 10.3. The fourth-order valence-corrected chi connectivity index (χ4v) is 2.79. The number of morpholine rings is 1. The van der Waals surface area contributed by atoms with E-state index in [2.05, 4.69) is 25.7 Å². The van der Waals surface area contributed by atoms with Crippen LogP contribution in [-0.2, 0) is 4.74 Å². The molecule has 1 fully saturated rings. The maximum Gasteiger partial charge on any atom is 0.0916 e. The van der Waals surface area contributed by atoms with Crippen LogP contribution in [0.3, 0.4) is 0 Å². The van der Waals surface area contributed by atoms with Crippen LogP contribution in [-0.4, -0.2) is 41.3 Å². The third-order valence-electron chi connectivity index (χ3n) is 3.39. The summed E-state index contributed by atoms with van der Waals surface area (Å²) in [7, 11) is 0. The molecule has 2 atom stereocenters. The minimum absolute atomic E-state index is 0.154. The van der Waals surface area contributed by atoms with E-state index in [1.807, 2.05) is 24.3 Å². The van der Waals surface area contributed by atoms with Gasteiger partial charge >= 0.3 is 0 Å². The molecule has 2 rings (SSSR count). The van der Waals surface area contributed by atoms with Crippen molar-refractivity contribution in [1.29, 1.82) is 0 Å². The molecule has 3 N–H and O–H groups in total. The molecule has 106 valence electrons. The number of aliphatic hydroxyl groups excluding tert-OH is 1. The third-order valence-corrected chi connectivity index (χ3v) is 3.39. The Morgan fingerprint density at radius 2 is 2.05 bits per heavy atom. The molecular weight excluding hydrogens is 240 g/mol. The van der Waals surface area contributed by atoms with Gasteiger partial charge in [-0.15, -0.1) is 0 Å². The van der Waals surface area contributed by atoms with Gasteiger partial charge in [0.05, 0.1) is 17.8 Å². The van der Waals surface area contributed by atoms with Gasteiger partial charge in [-0.2, -0.15) is 0 Å². The van der Waals surface area contributed by atoms with Crippen molar-refractivity contribution in [2.75, 3.05) is 25.4 Å². The minimum Gasteiger partial charge on any atom is -0.399 e. The van der Waals surface area contributed by atoms with Gasteiger partial charge in [-0.25, -0.2) is 0 Å². The molecule has 1 aliphatic rings.